The van der Waals surface area contributed by atoms with E-state index in [0.717, 1.165) is 44.8 Å². The van der Waals surface area contributed by atoms with Gasteiger partial charge in [0.1, 0.15) is 16.4 Å². The third-order valence-electron chi connectivity index (χ3n) is 5.56. The Balaban J connectivity index is 1.31. The van der Waals surface area contributed by atoms with E-state index in [4.69, 9.17) is 0 Å². The van der Waals surface area contributed by atoms with Crippen molar-refractivity contribution in [1.29, 1.82) is 0 Å². The zero-order valence-electron chi connectivity index (χ0n) is 16.2. The van der Waals surface area contributed by atoms with E-state index in [1.54, 1.807) is 10.8 Å². The van der Waals surface area contributed by atoms with Gasteiger partial charge in [-0.05, 0) is 43.3 Å². The molecule has 0 saturated carbocycles. The molecular formula is C20H25FN4O3S. The molecule has 0 amide bonds. The number of fused-ring (bicyclic) bond motifs is 1. The van der Waals surface area contributed by atoms with E-state index < -0.39 is 10.0 Å². The first-order chi connectivity index (χ1) is 13.9. The molecule has 0 bridgehead atoms. The number of carbonyl (C=O) groups is 1. The maximum Gasteiger partial charge on any atom is 0.242 e. The van der Waals surface area contributed by atoms with E-state index in [9.17, 15) is 17.6 Å². The summed E-state index contributed by atoms with van der Waals surface area (Å²) in [7, 11) is -3.60. The molecule has 0 unspecified atom stereocenters. The molecule has 7 nitrogen and oxygen atoms in total. The molecule has 1 saturated heterocycles. The molecule has 0 atom stereocenters. The minimum absolute atomic E-state index is 0.0907. The van der Waals surface area contributed by atoms with Crippen LogP contribution in [0.1, 0.15) is 23.3 Å². The number of aryl methyl sites for hydroxylation is 1. The molecule has 1 aromatic carbocycles. The number of hydrogen-bond acceptors (Lipinski definition) is 5. The van der Waals surface area contributed by atoms with Crippen LogP contribution in [0, 0.1) is 5.82 Å². The first-order valence-electron chi connectivity index (χ1n) is 9.89. The van der Waals surface area contributed by atoms with Gasteiger partial charge in [-0.15, -0.1) is 0 Å². The van der Waals surface area contributed by atoms with Crippen LogP contribution in [-0.4, -0.2) is 62.9 Å². The van der Waals surface area contributed by atoms with Gasteiger partial charge in [-0.2, -0.15) is 0 Å². The molecule has 1 fully saturated rings. The summed E-state index contributed by atoms with van der Waals surface area (Å²) in [5, 5.41) is 0. The fraction of sp³-hybridized carbons (Fsp3) is 0.450. The second kappa shape index (κ2) is 8.25. The number of carbonyl (C=O) groups excluding carboxylic acids is 1. The Bertz CT molecular complexity index is 980. The number of rotatable bonds is 5. The molecule has 0 radical (unpaired) electrons. The minimum Gasteiger partial charge on any atom is -0.369 e. The standard InChI is InChI=1S/C20H25FN4O3S/c21-16-2-4-17(5-3-16)24-14-12-23(13-15-24)9-1-10-25-11-7-19-20(25)18(26)6-8-22-29(19,27)28/h2-5,7,11,22H,1,6,8-10,12-15H2. The zero-order valence-corrected chi connectivity index (χ0v) is 17.0. The van der Waals surface area contributed by atoms with Gasteiger partial charge in [-0.25, -0.2) is 17.5 Å². The van der Waals surface area contributed by atoms with Crippen LogP contribution < -0.4 is 9.62 Å². The van der Waals surface area contributed by atoms with Gasteiger partial charge in [-0.3, -0.25) is 9.69 Å². The van der Waals surface area contributed by atoms with E-state index in [1.807, 2.05) is 12.1 Å². The normalized spacial score (nSPS) is 19.8. The number of anilines is 1. The molecule has 156 valence electrons. The van der Waals surface area contributed by atoms with Gasteiger partial charge in [0.25, 0.3) is 0 Å². The number of Topliss-reactive ketones (excluding diaryl/α,β-unsaturated/α-hetero) is 1. The highest BCUT2D eigenvalue weighted by atomic mass is 32.2. The first-order valence-corrected chi connectivity index (χ1v) is 11.4. The Hall–Kier alpha value is -2.23. The summed E-state index contributed by atoms with van der Waals surface area (Å²) < 4.78 is 41.8. The van der Waals surface area contributed by atoms with Crippen LogP contribution in [0.25, 0.3) is 0 Å². The average Bonchev–Trinajstić information content (AvgIpc) is 3.09. The highest BCUT2D eigenvalue weighted by molar-refractivity contribution is 7.89. The maximum atomic E-state index is 13.1. The fourth-order valence-corrected chi connectivity index (χ4v) is 5.25. The maximum absolute atomic E-state index is 13.1. The van der Waals surface area contributed by atoms with Crippen molar-refractivity contribution in [2.45, 2.75) is 24.3 Å². The quantitative estimate of drug-likeness (QED) is 0.797. The number of nitrogens with zero attached hydrogens (tertiary/aromatic N) is 3. The number of piperazine rings is 1. The van der Waals surface area contributed by atoms with Crippen molar-refractivity contribution in [2.24, 2.45) is 0 Å². The minimum atomic E-state index is -3.60. The number of sulfonamides is 1. The highest BCUT2D eigenvalue weighted by Gasteiger charge is 2.29. The van der Waals surface area contributed by atoms with E-state index in [1.165, 1.54) is 18.2 Å². The summed E-state index contributed by atoms with van der Waals surface area (Å²) >= 11 is 0. The Morgan fingerprint density at radius 2 is 1.72 bits per heavy atom. The van der Waals surface area contributed by atoms with Crippen molar-refractivity contribution >= 4 is 21.5 Å². The lowest BCUT2D eigenvalue weighted by Crippen LogP contribution is -2.46. The molecule has 2 aliphatic heterocycles. The molecule has 4 rings (SSSR count). The third-order valence-corrected chi connectivity index (χ3v) is 7.05. The van der Waals surface area contributed by atoms with E-state index >= 15 is 0 Å². The van der Waals surface area contributed by atoms with E-state index in [0.29, 0.717) is 12.2 Å². The lowest BCUT2D eigenvalue weighted by Gasteiger charge is -2.36. The second-order valence-corrected chi connectivity index (χ2v) is 9.19. The smallest absolute Gasteiger partial charge is 0.242 e. The molecule has 2 aliphatic rings. The van der Waals surface area contributed by atoms with Gasteiger partial charge < -0.3 is 9.47 Å². The van der Waals surface area contributed by atoms with Crippen molar-refractivity contribution in [3.8, 4) is 0 Å². The molecular weight excluding hydrogens is 395 g/mol. The van der Waals surface area contributed by atoms with Crippen LogP contribution >= 0.6 is 0 Å². The average molecular weight is 421 g/mol. The van der Waals surface area contributed by atoms with Crippen LogP contribution in [-0.2, 0) is 16.6 Å². The van der Waals surface area contributed by atoms with Gasteiger partial charge in [-0.1, -0.05) is 0 Å². The number of ketones is 1. The zero-order chi connectivity index (χ0) is 20.4. The first kappa shape index (κ1) is 20.1. The lowest BCUT2D eigenvalue weighted by atomic mass is 10.2. The predicted molar refractivity (Wildman–Crippen MR) is 108 cm³/mol. The van der Waals surface area contributed by atoms with Crippen molar-refractivity contribution in [3.05, 3.63) is 48.0 Å². The molecule has 3 heterocycles. The van der Waals surface area contributed by atoms with Crippen LogP contribution in [0.5, 0.6) is 0 Å². The van der Waals surface area contributed by atoms with Gasteiger partial charge in [0.2, 0.25) is 10.0 Å². The van der Waals surface area contributed by atoms with Crippen LogP contribution in [0.4, 0.5) is 10.1 Å². The highest BCUT2D eigenvalue weighted by Crippen LogP contribution is 2.22. The van der Waals surface area contributed by atoms with Gasteiger partial charge >= 0.3 is 0 Å². The molecule has 9 heteroatoms. The van der Waals surface area contributed by atoms with Gasteiger partial charge in [0.05, 0.1) is 0 Å². The van der Waals surface area contributed by atoms with Crippen molar-refractivity contribution in [1.82, 2.24) is 14.2 Å². The molecule has 1 N–H and O–H groups in total. The molecule has 2 aromatic rings. The molecule has 0 spiro atoms. The molecule has 29 heavy (non-hydrogen) atoms. The van der Waals surface area contributed by atoms with E-state index in [2.05, 4.69) is 14.5 Å². The summed E-state index contributed by atoms with van der Waals surface area (Å²) in [6.07, 6.45) is 2.71. The topological polar surface area (TPSA) is 74.6 Å². The Labute approximate surface area is 170 Å². The van der Waals surface area contributed by atoms with Gasteiger partial charge in [0.15, 0.2) is 5.78 Å². The van der Waals surface area contributed by atoms with Gasteiger partial charge in [0, 0.05) is 57.6 Å². The third kappa shape index (κ3) is 4.36. The Morgan fingerprint density at radius 1 is 1.00 bits per heavy atom. The summed E-state index contributed by atoms with van der Waals surface area (Å²) in [6.45, 7) is 5.23. The largest absolute Gasteiger partial charge is 0.369 e. The summed E-state index contributed by atoms with van der Waals surface area (Å²) in [6, 6.07) is 8.10. The Morgan fingerprint density at radius 3 is 2.45 bits per heavy atom. The van der Waals surface area contributed by atoms with Crippen molar-refractivity contribution in [2.75, 3.05) is 44.2 Å². The summed E-state index contributed by atoms with van der Waals surface area (Å²) in [5.41, 5.74) is 1.34. The van der Waals surface area contributed by atoms with E-state index in [-0.39, 0.29) is 29.5 Å². The summed E-state index contributed by atoms with van der Waals surface area (Å²) in [4.78, 5) is 17.1. The number of benzene rings is 1. The van der Waals surface area contributed by atoms with Crippen LogP contribution in [0.2, 0.25) is 0 Å². The summed E-state index contributed by atoms with van der Waals surface area (Å²) in [5.74, 6) is -0.358. The lowest BCUT2D eigenvalue weighted by molar-refractivity contribution is 0.0973. The second-order valence-electron chi connectivity index (χ2n) is 7.45. The fourth-order valence-electron chi connectivity index (χ4n) is 3.99. The monoisotopic (exact) mass is 420 g/mol. The number of aromatic nitrogens is 1. The Kier molecular flexibility index (Phi) is 5.71. The number of hydrogen-bond donors (Lipinski definition) is 1. The van der Waals surface area contributed by atoms with Crippen LogP contribution in [0.3, 0.4) is 0 Å². The van der Waals surface area contributed by atoms with Crippen LogP contribution in [0.15, 0.2) is 41.4 Å². The van der Waals surface area contributed by atoms with Crippen molar-refractivity contribution < 1.29 is 17.6 Å². The predicted octanol–water partition coefficient (Wildman–Crippen LogP) is 1.70. The van der Waals surface area contributed by atoms with Crippen molar-refractivity contribution in [3.63, 3.8) is 0 Å². The number of halogens is 1. The molecule has 1 aromatic heterocycles. The number of nitrogens with one attached hydrogen (secondary N) is 1. The molecule has 0 aliphatic carbocycles. The SMILES string of the molecule is O=C1CCNS(=O)(=O)c2ccn(CCCN3CCN(c4ccc(F)cc4)CC3)c21.